The molecule has 0 fully saturated rings. The molecule has 2 heterocycles. The van der Waals surface area contributed by atoms with Gasteiger partial charge in [0.25, 0.3) is 5.22 Å². The van der Waals surface area contributed by atoms with E-state index in [0.29, 0.717) is 16.8 Å². The summed E-state index contributed by atoms with van der Waals surface area (Å²) in [6.45, 7) is 1.92. The monoisotopic (exact) mass is 406 g/mol. The van der Waals surface area contributed by atoms with Crippen molar-refractivity contribution >= 4 is 34.3 Å². The van der Waals surface area contributed by atoms with E-state index in [-0.39, 0.29) is 11.7 Å². The van der Waals surface area contributed by atoms with Gasteiger partial charge in [0.05, 0.1) is 24.1 Å². The van der Waals surface area contributed by atoms with Crippen molar-refractivity contribution in [3.8, 4) is 17.2 Å². The number of nitrogens with zero attached hydrogens (tertiary/aromatic N) is 3. The molecular weight excluding hydrogens is 388 g/mol. The fourth-order valence-electron chi connectivity index (χ4n) is 2.78. The van der Waals surface area contributed by atoms with Crippen LogP contribution in [0.1, 0.15) is 5.69 Å². The van der Waals surface area contributed by atoms with E-state index < -0.39 is 0 Å². The van der Waals surface area contributed by atoms with E-state index in [9.17, 15) is 4.79 Å². The molecule has 0 aliphatic rings. The molecular formula is C21H18N4O3S. The van der Waals surface area contributed by atoms with Crippen LogP contribution < -0.4 is 10.1 Å². The van der Waals surface area contributed by atoms with Crippen molar-refractivity contribution in [2.75, 3.05) is 18.2 Å². The minimum atomic E-state index is -0.171. The molecule has 1 amide bonds. The fraction of sp³-hybridized carbons (Fsp3) is 0.143. The molecule has 8 heteroatoms. The summed E-state index contributed by atoms with van der Waals surface area (Å²) >= 11 is 1.18. The van der Waals surface area contributed by atoms with E-state index in [1.807, 2.05) is 61.5 Å². The van der Waals surface area contributed by atoms with Gasteiger partial charge in [-0.2, -0.15) is 0 Å². The van der Waals surface area contributed by atoms with Crippen molar-refractivity contribution in [1.29, 1.82) is 0 Å². The summed E-state index contributed by atoms with van der Waals surface area (Å²) in [5, 5.41) is 12.2. The largest absolute Gasteiger partial charge is 0.497 e. The van der Waals surface area contributed by atoms with Gasteiger partial charge in [-0.1, -0.05) is 30.0 Å². The van der Waals surface area contributed by atoms with Crippen LogP contribution in [-0.2, 0) is 4.79 Å². The number of para-hydroxylation sites is 1. The van der Waals surface area contributed by atoms with E-state index in [1.165, 1.54) is 11.8 Å². The summed E-state index contributed by atoms with van der Waals surface area (Å²) in [4.78, 5) is 16.9. The normalized spacial score (nSPS) is 10.8. The number of benzene rings is 2. The highest BCUT2D eigenvalue weighted by Gasteiger charge is 2.13. The molecule has 0 unspecified atom stereocenters. The first kappa shape index (κ1) is 18.9. The average Bonchev–Trinajstić information content (AvgIpc) is 3.22. The summed E-state index contributed by atoms with van der Waals surface area (Å²) in [5.41, 5.74) is 3.13. The summed E-state index contributed by atoms with van der Waals surface area (Å²) in [5.74, 6) is 1.11. The van der Waals surface area contributed by atoms with Crippen molar-refractivity contribution < 1.29 is 13.9 Å². The van der Waals surface area contributed by atoms with Crippen molar-refractivity contribution in [3.05, 3.63) is 60.3 Å². The molecule has 7 nitrogen and oxygen atoms in total. The van der Waals surface area contributed by atoms with Crippen LogP contribution in [0.2, 0.25) is 0 Å². The standard InChI is InChI=1S/C21H18N4O3S/c1-13-6-7-14-4-3-5-17(19(14)22-13)23-18(26)12-29-21-25-24-20(28-21)15-8-10-16(27-2)11-9-15/h3-11H,12H2,1-2H3,(H,23,26). The third kappa shape index (κ3) is 4.38. The van der Waals surface area contributed by atoms with Gasteiger partial charge in [0, 0.05) is 16.6 Å². The van der Waals surface area contributed by atoms with E-state index in [2.05, 4.69) is 20.5 Å². The number of aromatic nitrogens is 3. The molecule has 0 atom stereocenters. The Morgan fingerprint density at radius 3 is 2.72 bits per heavy atom. The fourth-order valence-corrected chi connectivity index (χ4v) is 3.34. The van der Waals surface area contributed by atoms with Gasteiger partial charge < -0.3 is 14.5 Å². The number of carbonyl (C=O) groups excluding carboxylic acids is 1. The van der Waals surface area contributed by atoms with Gasteiger partial charge in [-0.15, -0.1) is 10.2 Å². The number of hydrogen-bond acceptors (Lipinski definition) is 7. The van der Waals surface area contributed by atoms with Crippen molar-refractivity contribution in [3.63, 3.8) is 0 Å². The number of nitrogens with one attached hydrogen (secondary N) is 1. The Balaban J connectivity index is 1.40. The lowest BCUT2D eigenvalue weighted by molar-refractivity contribution is -0.113. The number of methoxy groups -OCH3 is 1. The lowest BCUT2D eigenvalue weighted by atomic mass is 10.2. The predicted molar refractivity (Wildman–Crippen MR) is 112 cm³/mol. The Bertz CT molecular complexity index is 1160. The molecule has 0 spiro atoms. The number of aryl methyl sites for hydroxylation is 1. The Morgan fingerprint density at radius 1 is 1.10 bits per heavy atom. The molecule has 0 aliphatic heterocycles. The van der Waals surface area contributed by atoms with Crippen LogP contribution in [0.15, 0.2) is 64.2 Å². The topological polar surface area (TPSA) is 90.1 Å². The van der Waals surface area contributed by atoms with E-state index >= 15 is 0 Å². The Kier molecular flexibility index (Phi) is 5.44. The van der Waals surface area contributed by atoms with E-state index in [0.717, 1.165) is 27.9 Å². The van der Waals surface area contributed by atoms with Crippen LogP contribution in [0.3, 0.4) is 0 Å². The van der Waals surface area contributed by atoms with Gasteiger partial charge in [0.15, 0.2) is 0 Å². The maximum atomic E-state index is 12.4. The Morgan fingerprint density at radius 2 is 1.93 bits per heavy atom. The molecule has 29 heavy (non-hydrogen) atoms. The minimum Gasteiger partial charge on any atom is -0.497 e. The lowest BCUT2D eigenvalue weighted by Gasteiger charge is -2.08. The molecule has 0 saturated heterocycles. The highest BCUT2D eigenvalue weighted by Crippen LogP contribution is 2.26. The van der Waals surface area contributed by atoms with Crippen LogP contribution in [0, 0.1) is 6.92 Å². The molecule has 1 N–H and O–H groups in total. The maximum Gasteiger partial charge on any atom is 0.277 e. The number of pyridine rings is 1. The smallest absolute Gasteiger partial charge is 0.277 e. The predicted octanol–water partition coefficient (Wildman–Crippen LogP) is 4.33. The number of ether oxygens (including phenoxy) is 1. The molecule has 2 aromatic heterocycles. The second kappa shape index (κ2) is 8.32. The highest BCUT2D eigenvalue weighted by atomic mass is 32.2. The van der Waals surface area contributed by atoms with Gasteiger partial charge in [0.2, 0.25) is 11.8 Å². The number of amides is 1. The van der Waals surface area contributed by atoms with Gasteiger partial charge >= 0.3 is 0 Å². The summed E-state index contributed by atoms with van der Waals surface area (Å²) in [6, 6.07) is 16.9. The van der Waals surface area contributed by atoms with Gasteiger partial charge in [-0.25, -0.2) is 0 Å². The zero-order valence-corrected chi connectivity index (χ0v) is 16.7. The number of anilines is 1. The highest BCUT2D eigenvalue weighted by molar-refractivity contribution is 7.99. The van der Waals surface area contributed by atoms with Crippen molar-refractivity contribution in [2.45, 2.75) is 12.1 Å². The second-order valence-electron chi connectivity index (χ2n) is 6.27. The van der Waals surface area contributed by atoms with Crippen LogP contribution in [0.25, 0.3) is 22.4 Å². The lowest BCUT2D eigenvalue weighted by Crippen LogP contribution is -2.14. The SMILES string of the molecule is COc1ccc(-c2nnc(SCC(=O)Nc3cccc4ccc(C)nc34)o2)cc1. The van der Waals surface area contributed by atoms with Crippen LogP contribution >= 0.6 is 11.8 Å². The molecule has 2 aromatic carbocycles. The van der Waals surface area contributed by atoms with E-state index in [1.54, 1.807) is 7.11 Å². The summed E-state index contributed by atoms with van der Waals surface area (Å²) < 4.78 is 10.8. The number of hydrogen-bond donors (Lipinski definition) is 1. The molecule has 4 aromatic rings. The van der Waals surface area contributed by atoms with Gasteiger partial charge in [-0.3, -0.25) is 9.78 Å². The zero-order chi connectivity index (χ0) is 20.2. The molecule has 146 valence electrons. The molecule has 0 saturated carbocycles. The van der Waals surface area contributed by atoms with Crippen LogP contribution in [0.4, 0.5) is 5.69 Å². The first-order valence-electron chi connectivity index (χ1n) is 8.89. The maximum absolute atomic E-state index is 12.4. The summed E-state index contributed by atoms with van der Waals surface area (Å²) in [6.07, 6.45) is 0. The molecule has 0 radical (unpaired) electrons. The Labute approximate surface area is 171 Å². The second-order valence-corrected chi connectivity index (χ2v) is 7.19. The van der Waals surface area contributed by atoms with Crippen LogP contribution in [0.5, 0.6) is 5.75 Å². The minimum absolute atomic E-state index is 0.145. The van der Waals surface area contributed by atoms with Gasteiger partial charge in [-0.05, 0) is 43.3 Å². The third-order valence-corrected chi connectivity index (χ3v) is 5.02. The number of rotatable bonds is 6. The summed E-state index contributed by atoms with van der Waals surface area (Å²) in [7, 11) is 1.61. The number of carbonyl (C=O) groups is 1. The third-order valence-electron chi connectivity index (χ3n) is 4.20. The van der Waals surface area contributed by atoms with Crippen LogP contribution in [-0.4, -0.2) is 34.0 Å². The van der Waals surface area contributed by atoms with Crippen molar-refractivity contribution in [2.24, 2.45) is 0 Å². The quantitative estimate of drug-likeness (QED) is 0.477. The van der Waals surface area contributed by atoms with Gasteiger partial charge in [0.1, 0.15) is 5.75 Å². The zero-order valence-electron chi connectivity index (χ0n) is 15.9. The number of thioether (sulfide) groups is 1. The van der Waals surface area contributed by atoms with E-state index in [4.69, 9.17) is 9.15 Å². The first-order valence-corrected chi connectivity index (χ1v) is 9.88. The Hall–Kier alpha value is -3.39. The molecule has 0 bridgehead atoms. The average molecular weight is 406 g/mol. The molecule has 0 aliphatic carbocycles. The molecule has 4 rings (SSSR count). The number of fused-ring (bicyclic) bond motifs is 1. The first-order chi connectivity index (χ1) is 14.1. The van der Waals surface area contributed by atoms with Crippen molar-refractivity contribution in [1.82, 2.24) is 15.2 Å².